The highest BCUT2D eigenvalue weighted by Gasteiger charge is 2.52. The second-order valence-corrected chi connectivity index (χ2v) is 7.84. The molecule has 2 aliphatic rings. The molecule has 1 spiro atoms. The molecule has 3 aromatic rings. The molecule has 0 aromatic heterocycles. The summed E-state index contributed by atoms with van der Waals surface area (Å²) in [5.41, 5.74) is 2.63. The molecule has 0 saturated heterocycles. The summed E-state index contributed by atoms with van der Waals surface area (Å²) in [6, 6.07) is 16.6. The molecule has 1 heterocycles. The van der Waals surface area contributed by atoms with E-state index in [1.807, 2.05) is 43.3 Å². The number of phenols is 1. The number of Topliss-reactive ketones (excluding diaryl/α,β-unsaturated/α-hetero) is 1. The van der Waals surface area contributed by atoms with E-state index >= 15 is 0 Å². The Morgan fingerprint density at radius 2 is 1.87 bits per heavy atom. The summed E-state index contributed by atoms with van der Waals surface area (Å²) in [7, 11) is 1.58. The number of rotatable bonds is 2. The van der Waals surface area contributed by atoms with Crippen molar-refractivity contribution in [3.8, 4) is 23.0 Å². The van der Waals surface area contributed by atoms with Gasteiger partial charge in [0, 0.05) is 29.2 Å². The summed E-state index contributed by atoms with van der Waals surface area (Å²) in [4.78, 5) is 24.7. The van der Waals surface area contributed by atoms with Crippen LogP contribution in [0.1, 0.15) is 50.8 Å². The molecule has 1 aliphatic carbocycles. The fraction of sp³-hybridized carbons (Fsp3) is 0.200. The van der Waals surface area contributed by atoms with Gasteiger partial charge >= 0.3 is 0 Å². The van der Waals surface area contributed by atoms with Crippen LogP contribution in [0.15, 0.2) is 54.6 Å². The molecule has 1 N–H and O–H groups in total. The Bertz CT molecular complexity index is 1210. The average Bonchev–Trinajstić information content (AvgIpc) is 2.76. The van der Waals surface area contributed by atoms with Crippen molar-refractivity contribution in [2.45, 2.75) is 18.8 Å². The van der Waals surface area contributed by atoms with Gasteiger partial charge in [-0.1, -0.05) is 43.3 Å². The summed E-state index contributed by atoms with van der Waals surface area (Å²) in [6.45, 7) is 2.05. The SMILES string of the molecule is COc1ccc2c(c1)Oc1c(ccc(O)c1C=O)C21c2ccccc2C(=O)CC1C. The molecule has 30 heavy (non-hydrogen) atoms. The number of ether oxygens (including phenoxy) is 2. The van der Waals surface area contributed by atoms with E-state index in [2.05, 4.69) is 0 Å². The first-order valence-electron chi connectivity index (χ1n) is 9.83. The van der Waals surface area contributed by atoms with E-state index in [4.69, 9.17) is 9.47 Å². The lowest BCUT2D eigenvalue weighted by Gasteiger charge is -2.48. The molecule has 3 aromatic carbocycles. The molecule has 1 aliphatic heterocycles. The number of aldehydes is 1. The Labute approximate surface area is 173 Å². The maximum absolute atomic E-state index is 12.9. The van der Waals surface area contributed by atoms with Gasteiger partial charge in [-0.3, -0.25) is 9.59 Å². The van der Waals surface area contributed by atoms with E-state index in [9.17, 15) is 14.7 Å². The number of phenolic OH excluding ortho intramolecular Hbond substituents is 1. The summed E-state index contributed by atoms with van der Waals surface area (Å²) in [5, 5.41) is 10.3. The molecule has 0 fully saturated rings. The maximum atomic E-state index is 12.9. The molecule has 5 rings (SSSR count). The molecule has 0 radical (unpaired) electrons. The van der Waals surface area contributed by atoms with Gasteiger partial charge in [-0.05, 0) is 23.6 Å². The number of carbonyl (C=O) groups is 2. The van der Waals surface area contributed by atoms with Crippen molar-refractivity contribution in [2.75, 3.05) is 7.11 Å². The lowest BCUT2D eigenvalue weighted by atomic mass is 9.56. The van der Waals surface area contributed by atoms with E-state index in [1.165, 1.54) is 6.07 Å². The van der Waals surface area contributed by atoms with Crippen molar-refractivity contribution >= 4 is 12.1 Å². The minimum Gasteiger partial charge on any atom is -0.507 e. The lowest BCUT2D eigenvalue weighted by Crippen LogP contribution is -2.44. The fourth-order valence-electron chi connectivity index (χ4n) is 5.12. The number of fused-ring (bicyclic) bond motifs is 6. The van der Waals surface area contributed by atoms with Gasteiger partial charge in [-0.2, -0.15) is 0 Å². The van der Waals surface area contributed by atoms with Crippen LogP contribution in [-0.4, -0.2) is 24.3 Å². The van der Waals surface area contributed by atoms with Crippen molar-refractivity contribution in [1.29, 1.82) is 0 Å². The monoisotopic (exact) mass is 400 g/mol. The quantitative estimate of drug-likeness (QED) is 0.621. The number of aromatic hydroxyl groups is 1. The Kier molecular flexibility index (Phi) is 3.97. The number of hydrogen-bond acceptors (Lipinski definition) is 5. The number of ketones is 1. The van der Waals surface area contributed by atoms with Crippen LogP contribution in [0.5, 0.6) is 23.0 Å². The van der Waals surface area contributed by atoms with Gasteiger partial charge in [0.1, 0.15) is 23.0 Å². The van der Waals surface area contributed by atoms with Crippen molar-refractivity contribution in [2.24, 2.45) is 5.92 Å². The van der Waals surface area contributed by atoms with Gasteiger partial charge in [0.05, 0.1) is 18.1 Å². The molecular weight excluding hydrogens is 380 g/mol. The molecule has 2 unspecified atom stereocenters. The second-order valence-electron chi connectivity index (χ2n) is 7.84. The van der Waals surface area contributed by atoms with E-state index in [-0.39, 0.29) is 23.0 Å². The number of carbonyl (C=O) groups excluding carboxylic acids is 2. The zero-order valence-corrected chi connectivity index (χ0v) is 16.6. The zero-order valence-electron chi connectivity index (χ0n) is 16.6. The smallest absolute Gasteiger partial charge is 0.163 e. The number of methoxy groups -OCH3 is 1. The molecule has 0 saturated carbocycles. The van der Waals surface area contributed by atoms with E-state index < -0.39 is 5.41 Å². The first kappa shape index (κ1) is 18.4. The van der Waals surface area contributed by atoms with Crippen molar-refractivity contribution in [3.63, 3.8) is 0 Å². The molecule has 0 bridgehead atoms. The minimum absolute atomic E-state index is 0.0983. The Morgan fingerprint density at radius 1 is 1.10 bits per heavy atom. The van der Waals surface area contributed by atoms with Crippen molar-refractivity contribution in [3.05, 3.63) is 82.4 Å². The highest BCUT2D eigenvalue weighted by molar-refractivity contribution is 6.01. The van der Waals surface area contributed by atoms with Crippen LogP contribution in [0.3, 0.4) is 0 Å². The largest absolute Gasteiger partial charge is 0.507 e. The third kappa shape index (κ3) is 2.23. The van der Waals surface area contributed by atoms with Gasteiger partial charge < -0.3 is 14.6 Å². The van der Waals surface area contributed by atoms with E-state index in [1.54, 1.807) is 19.2 Å². The highest BCUT2D eigenvalue weighted by atomic mass is 16.5. The summed E-state index contributed by atoms with van der Waals surface area (Å²) in [5.74, 6) is 1.35. The predicted octanol–water partition coefficient (Wildman–Crippen LogP) is 4.88. The van der Waals surface area contributed by atoms with Gasteiger partial charge in [-0.15, -0.1) is 0 Å². The molecule has 5 heteroatoms. The predicted molar refractivity (Wildman–Crippen MR) is 111 cm³/mol. The summed E-state index contributed by atoms with van der Waals surface area (Å²) < 4.78 is 11.6. The van der Waals surface area contributed by atoms with Crippen molar-refractivity contribution in [1.82, 2.24) is 0 Å². The lowest BCUT2D eigenvalue weighted by molar-refractivity contribution is 0.0929. The summed E-state index contributed by atoms with van der Waals surface area (Å²) in [6.07, 6.45) is 0.969. The van der Waals surface area contributed by atoms with Crippen LogP contribution < -0.4 is 9.47 Å². The van der Waals surface area contributed by atoms with Crippen LogP contribution in [0, 0.1) is 5.92 Å². The molecule has 2 atom stereocenters. The average molecular weight is 400 g/mol. The minimum atomic E-state index is -0.703. The van der Waals surface area contributed by atoms with Crippen molar-refractivity contribution < 1.29 is 24.2 Å². The first-order chi connectivity index (χ1) is 14.5. The molecular formula is C25H20O5. The van der Waals surface area contributed by atoms with Crippen LogP contribution in [0.2, 0.25) is 0 Å². The van der Waals surface area contributed by atoms with E-state index in [0.29, 0.717) is 35.5 Å². The number of benzene rings is 3. The first-order valence-corrected chi connectivity index (χ1v) is 9.83. The highest BCUT2D eigenvalue weighted by Crippen LogP contribution is 2.60. The van der Waals surface area contributed by atoms with Gasteiger partial charge in [0.25, 0.3) is 0 Å². The van der Waals surface area contributed by atoms with Gasteiger partial charge in [-0.25, -0.2) is 0 Å². The maximum Gasteiger partial charge on any atom is 0.163 e. The third-order valence-corrected chi connectivity index (χ3v) is 6.42. The van der Waals surface area contributed by atoms with Gasteiger partial charge in [0.2, 0.25) is 0 Å². The van der Waals surface area contributed by atoms with Crippen LogP contribution in [0.4, 0.5) is 0 Å². The standard InChI is InChI=1S/C25H20O5/c1-14-11-22(28)16-5-3-4-6-18(16)25(14)19-8-7-15(29-2)12-23(19)30-24-17(13-26)21(27)10-9-20(24)25/h3-10,12-14,27H,11H2,1-2H3. The topological polar surface area (TPSA) is 72.8 Å². The Hall–Kier alpha value is -3.60. The zero-order chi connectivity index (χ0) is 21.0. The molecule has 5 nitrogen and oxygen atoms in total. The van der Waals surface area contributed by atoms with Gasteiger partial charge in [0.15, 0.2) is 12.1 Å². The number of hydrogen-bond donors (Lipinski definition) is 1. The summed E-state index contributed by atoms with van der Waals surface area (Å²) >= 11 is 0. The van der Waals surface area contributed by atoms with Crippen LogP contribution in [-0.2, 0) is 5.41 Å². The van der Waals surface area contributed by atoms with Crippen LogP contribution >= 0.6 is 0 Å². The van der Waals surface area contributed by atoms with E-state index in [0.717, 1.165) is 16.7 Å². The third-order valence-electron chi connectivity index (χ3n) is 6.42. The molecule has 0 amide bonds. The normalized spacial score (nSPS) is 21.3. The molecule has 150 valence electrons. The second kappa shape index (κ2) is 6.46. The Morgan fingerprint density at radius 3 is 2.63 bits per heavy atom. The Balaban J connectivity index is 1.96. The van der Waals surface area contributed by atoms with Crippen LogP contribution in [0.25, 0.3) is 0 Å². The fourth-order valence-corrected chi connectivity index (χ4v) is 5.12.